The number of halogens is 1. The first-order chi connectivity index (χ1) is 13.1. The number of carbonyl (C=O) groups excluding carboxylic acids is 1. The number of nitrogens with zero attached hydrogens (tertiary/aromatic N) is 1. The van der Waals surface area contributed by atoms with Gasteiger partial charge in [-0.3, -0.25) is 0 Å². The van der Waals surface area contributed by atoms with Gasteiger partial charge in [0.25, 0.3) is 0 Å². The van der Waals surface area contributed by atoms with Gasteiger partial charge < -0.3 is 26.6 Å². The Morgan fingerprint density at radius 2 is 1.71 bits per heavy atom. The summed E-state index contributed by atoms with van der Waals surface area (Å²) in [5.41, 5.74) is 4.08. The maximum atomic E-state index is 12.9. The Morgan fingerprint density at radius 1 is 1.04 bits per heavy atom. The number of nitrogens with one attached hydrogen (secondary N) is 1. The van der Waals surface area contributed by atoms with Gasteiger partial charge >= 0.3 is 5.97 Å². The van der Waals surface area contributed by atoms with Crippen molar-refractivity contribution in [3.05, 3.63) is 71.4 Å². The van der Waals surface area contributed by atoms with Gasteiger partial charge in [-0.1, -0.05) is 48.5 Å². The lowest BCUT2D eigenvalue weighted by Crippen LogP contribution is -3.05. The monoisotopic (exact) mass is 400 g/mol. The first-order valence-corrected chi connectivity index (χ1v) is 9.72. The Morgan fingerprint density at radius 3 is 2.39 bits per heavy atom. The van der Waals surface area contributed by atoms with Crippen molar-refractivity contribution in [2.75, 3.05) is 27.2 Å². The molecule has 0 aliphatic heterocycles. The highest BCUT2D eigenvalue weighted by molar-refractivity contribution is 5.99. The molecule has 3 rings (SSSR count). The van der Waals surface area contributed by atoms with E-state index in [1.807, 2.05) is 37.3 Å². The lowest BCUT2D eigenvalue weighted by molar-refractivity contribution is -0.858. The number of esters is 1. The summed E-state index contributed by atoms with van der Waals surface area (Å²) in [6, 6.07) is 18.6. The first kappa shape index (κ1) is 22.0. The number of carbonyl (C=O) groups is 1. The van der Waals surface area contributed by atoms with E-state index in [0.29, 0.717) is 12.3 Å². The Balaban J connectivity index is 0.00000280. The van der Waals surface area contributed by atoms with E-state index in [4.69, 9.17) is 4.74 Å². The minimum atomic E-state index is -0.225. The summed E-state index contributed by atoms with van der Waals surface area (Å²) in [6.07, 6.45) is 1.74. The molecule has 0 radical (unpaired) electrons. The van der Waals surface area contributed by atoms with Gasteiger partial charge in [0.1, 0.15) is 5.69 Å². The molecule has 1 N–H and O–H groups in total. The van der Waals surface area contributed by atoms with Crippen LogP contribution in [0, 0.1) is 0 Å². The molecule has 0 unspecified atom stereocenters. The highest BCUT2D eigenvalue weighted by Crippen LogP contribution is 2.29. The summed E-state index contributed by atoms with van der Waals surface area (Å²) < 4.78 is 7.60. The van der Waals surface area contributed by atoms with E-state index in [0.717, 1.165) is 42.4 Å². The Bertz CT molecular complexity index is 904. The fraction of sp³-hybridized carbons (Fsp3) is 0.348. The normalized spacial score (nSPS) is 10.9. The second kappa shape index (κ2) is 10.3. The third kappa shape index (κ3) is 4.94. The van der Waals surface area contributed by atoms with Gasteiger partial charge in [0.15, 0.2) is 0 Å². The van der Waals surface area contributed by atoms with Crippen molar-refractivity contribution in [1.29, 1.82) is 0 Å². The molecule has 0 fully saturated rings. The van der Waals surface area contributed by atoms with Crippen LogP contribution in [0.15, 0.2) is 54.6 Å². The molecule has 0 amide bonds. The molecule has 28 heavy (non-hydrogen) atoms. The number of ether oxygens (including phenoxy) is 1. The molecular formula is C23H29ClN2O2. The lowest BCUT2D eigenvalue weighted by atomic mass is 10.0. The Kier molecular flexibility index (Phi) is 8.09. The largest absolute Gasteiger partial charge is 1.00 e. The highest BCUT2D eigenvalue weighted by atomic mass is 35.5. The summed E-state index contributed by atoms with van der Waals surface area (Å²) in [6.45, 7) is 4.11. The predicted molar refractivity (Wildman–Crippen MR) is 109 cm³/mol. The molecule has 0 saturated heterocycles. The second-order valence-corrected chi connectivity index (χ2v) is 7.19. The maximum absolute atomic E-state index is 12.9. The van der Waals surface area contributed by atoms with Crippen molar-refractivity contribution >= 4 is 16.9 Å². The van der Waals surface area contributed by atoms with E-state index in [1.54, 1.807) is 0 Å². The number of fused-ring (bicyclic) bond motifs is 1. The number of para-hydroxylation sites is 1. The molecular weight excluding hydrogens is 372 g/mol. The average Bonchev–Trinajstić information content (AvgIpc) is 2.96. The molecule has 1 aromatic heterocycles. The molecule has 1 heterocycles. The number of hydrogen-bond acceptors (Lipinski definition) is 2. The molecule has 0 bridgehead atoms. The molecule has 150 valence electrons. The number of rotatable bonds is 8. The van der Waals surface area contributed by atoms with Crippen LogP contribution in [0.2, 0.25) is 0 Å². The summed E-state index contributed by atoms with van der Waals surface area (Å²) in [4.78, 5) is 14.3. The van der Waals surface area contributed by atoms with Crippen molar-refractivity contribution in [1.82, 2.24) is 4.57 Å². The summed E-state index contributed by atoms with van der Waals surface area (Å²) in [5, 5.41) is 1.14. The van der Waals surface area contributed by atoms with Crippen molar-refractivity contribution in [3.8, 4) is 0 Å². The smallest absolute Gasteiger partial charge is 0.355 e. The molecule has 0 aliphatic carbocycles. The molecule has 0 saturated carbocycles. The molecule has 4 nitrogen and oxygen atoms in total. The van der Waals surface area contributed by atoms with E-state index in [9.17, 15) is 4.79 Å². The topological polar surface area (TPSA) is 35.7 Å². The van der Waals surface area contributed by atoms with Gasteiger partial charge in [-0.15, -0.1) is 0 Å². The number of aromatic nitrogens is 1. The molecule has 0 spiro atoms. The zero-order valence-electron chi connectivity index (χ0n) is 16.9. The van der Waals surface area contributed by atoms with E-state index < -0.39 is 0 Å². The molecule has 0 aliphatic rings. The van der Waals surface area contributed by atoms with Crippen molar-refractivity contribution in [2.45, 2.75) is 26.3 Å². The lowest BCUT2D eigenvalue weighted by Gasteiger charge is -2.13. The predicted octanol–water partition coefficient (Wildman–Crippen LogP) is -0.0526. The summed E-state index contributed by atoms with van der Waals surface area (Å²) in [7, 11) is 4.31. The fourth-order valence-corrected chi connectivity index (χ4v) is 3.61. The number of aryl methyl sites for hydroxylation is 1. The van der Waals surface area contributed by atoms with Crippen LogP contribution in [-0.2, 0) is 17.7 Å². The molecule has 0 atom stereocenters. The number of quaternary nitrogens is 1. The minimum absolute atomic E-state index is 0. The van der Waals surface area contributed by atoms with E-state index >= 15 is 0 Å². The first-order valence-electron chi connectivity index (χ1n) is 9.72. The van der Waals surface area contributed by atoms with Gasteiger partial charge in [0, 0.05) is 30.3 Å². The Hall–Kier alpha value is -2.30. The SMILES string of the molecule is CCOC(=O)c1c(Cc2ccccc2)c2ccccc2n1CCC[NH+](C)C.[Cl-]. The zero-order valence-corrected chi connectivity index (χ0v) is 17.6. The van der Waals surface area contributed by atoms with Crippen LogP contribution in [-0.4, -0.2) is 37.8 Å². The van der Waals surface area contributed by atoms with Crippen LogP contribution in [0.3, 0.4) is 0 Å². The van der Waals surface area contributed by atoms with E-state index in [1.165, 1.54) is 10.5 Å². The summed E-state index contributed by atoms with van der Waals surface area (Å²) >= 11 is 0. The van der Waals surface area contributed by atoms with Crippen LogP contribution < -0.4 is 17.3 Å². The standard InChI is InChI=1S/C23H28N2O2.ClH/c1-4-27-23(26)22-20(17-18-11-6-5-7-12-18)19-13-8-9-14-21(19)25(22)16-10-15-24(2)3;/h5-9,11-14H,4,10,15-17H2,1-3H3;1H. The van der Waals surface area contributed by atoms with Crippen molar-refractivity contribution in [3.63, 3.8) is 0 Å². The minimum Gasteiger partial charge on any atom is -1.00 e. The third-order valence-corrected chi connectivity index (χ3v) is 4.83. The van der Waals surface area contributed by atoms with Gasteiger partial charge in [0.05, 0.1) is 27.2 Å². The Labute approximate surface area is 173 Å². The van der Waals surface area contributed by atoms with E-state index in [-0.39, 0.29) is 18.4 Å². The van der Waals surface area contributed by atoms with Crippen LogP contribution in [0.4, 0.5) is 0 Å². The third-order valence-electron chi connectivity index (χ3n) is 4.83. The van der Waals surface area contributed by atoms with Crippen LogP contribution in [0.5, 0.6) is 0 Å². The second-order valence-electron chi connectivity index (χ2n) is 7.19. The quantitative estimate of drug-likeness (QED) is 0.538. The van der Waals surface area contributed by atoms with Gasteiger partial charge in [-0.2, -0.15) is 0 Å². The van der Waals surface area contributed by atoms with Crippen molar-refractivity contribution in [2.24, 2.45) is 0 Å². The number of benzene rings is 2. The fourth-order valence-electron chi connectivity index (χ4n) is 3.61. The van der Waals surface area contributed by atoms with Gasteiger partial charge in [-0.25, -0.2) is 4.79 Å². The zero-order chi connectivity index (χ0) is 19.2. The van der Waals surface area contributed by atoms with E-state index in [2.05, 4.69) is 42.9 Å². The number of hydrogen-bond donors (Lipinski definition) is 1. The summed E-state index contributed by atoms with van der Waals surface area (Å²) in [5.74, 6) is -0.225. The van der Waals surface area contributed by atoms with Crippen molar-refractivity contribution < 1.29 is 26.8 Å². The highest BCUT2D eigenvalue weighted by Gasteiger charge is 2.23. The molecule has 5 heteroatoms. The van der Waals surface area contributed by atoms with Crippen LogP contribution >= 0.6 is 0 Å². The van der Waals surface area contributed by atoms with Crippen LogP contribution in [0.1, 0.15) is 35.0 Å². The average molecular weight is 401 g/mol. The molecule has 2 aromatic carbocycles. The molecule has 3 aromatic rings. The van der Waals surface area contributed by atoms with Gasteiger partial charge in [0.2, 0.25) is 0 Å². The van der Waals surface area contributed by atoms with Gasteiger partial charge in [-0.05, 0) is 24.1 Å². The maximum Gasteiger partial charge on any atom is 0.355 e. The van der Waals surface area contributed by atoms with Crippen LogP contribution in [0.25, 0.3) is 10.9 Å².